The molecule has 2 aromatic carbocycles. The number of sulfone groups is 1. The molecule has 30 heavy (non-hydrogen) atoms. The SMILES string of the molecule is COc1cccc(N2C(=O)CN(Cc3ccc4c(c3)OCO4)[C@@H]3CS(=O)(=O)C[C@@H]32)c1. The van der Waals surface area contributed by atoms with Crippen molar-refractivity contribution >= 4 is 21.4 Å². The van der Waals surface area contributed by atoms with Crippen LogP contribution in [0.1, 0.15) is 5.56 Å². The molecule has 0 saturated carbocycles. The lowest BCUT2D eigenvalue weighted by molar-refractivity contribution is -0.123. The third-order valence-corrected chi connectivity index (χ3v) is 7.55. The zero-order valence-electron chi connectivity index (χ0n) is 16.5. The van der Waals surface area contributed by atoms with Gasteiger partial charge in [-0.1, -0.05) is 12.1 Å². The average molecular weight is 430 g/mol. The number of methoxy groups -OCH3 is 1. The lowest BCUT2D eigenvalue weighted by Crippen LogP contribution is -2.61. The predicted molar refractivity (Wildman–Crippen MR) is 110 cm³/mol. The summed E-state index contributed by atoms with van der Waals surface area (Å²) in [6.07, 6.45) is 0. The van der Waals surface area contributed by atoms with E-state index in [9.17, 15) is 13.2 Å². The average Bonchev–Trinajstić information content (AvgIpc) is 3.31. The first-order valence-corrected chi connectivity index (χ1v) is 11.5. The highest BCUT2D eigenvalue weighted by Crippen LogP contribution is 2.36. The van der Waals surface area contributed by atoms with Crippen molar-refractivity contribution in [3.8, 4) is 17.2 Å². The molecule has 0 radical (unpaired) electrons. The standard InChI is InChI=1S/C21H22N2O6S/c1-27-16-4-2-3-15(8-16)23-18-12-30(25,26)11-17(18)22(10-21(23)24)9-14-5-6-19-20(7-14)29-13-28-19/h2-8,17-18H,9-13H2,1H3/t17-,18+/m1/s1. The van der Waals surface area contributed by atoms with Crippen LogP contribution in [0.25, 0.3) is 0 Å². The first-order valence-electron chi connectivity index (χ1n) is 9.73. The zero-order chi connectivity index (χ0) is 20.9. The second kappa shape index (κ2) is 7.17. The Morgan fingerprint density at radius 3 is 2.70 bits per heavy atom. The summed E-state index contributed by atoms with van der Waals surface area (Å²) in [7, 11) is -1.69. The number of anilines is 1. The van der Waals surface area contributed by atoms with Gasteiger partial charge in [0.25, 0.3) is 0 Å². The summed E-state index contributed by atoms with van der Waals surface area (Å²) in [5, 5.41) is 0. The van der Waals surface area contributed by atoms with Crippen molar-refractivity contribution in [3.63, 3.8) is 0 Å². The molecule has 8 nitrogen and oxygen atoms in total. The van der Waals surface area contributed by atoms with Crippen LogP contribution in [0.3, 0.4) is 0 Å². The maximum absolute atomic E-state index is 13.1. The Bertz CT molecular complexity index is 1100. The molecule has 0 unspecified atom stereocenters. The first kappa shape index (κ1) is 19.2. The van der Waals surface area contributed by atoms with Gasteiger partial charge in [-0.3, -0.25) is 9.69 Å². The van der Waals surface area contributed by atoms with E-state index in [4.69, 9.17) is 14.2 Å². The van der Waals surface area contributed by atoms with Crippen molar-refractivity contribution < 1.29 is 27.4 Å². The summed E-state index contributed by atoms with van der Waals surface area (Å²) in [5.74, 6) is 1.86. The van der Waals surface area contributed by atoms with Crippen LogP contribution in [-0.2, 0) is 21.2 Å². The fraction of sp³-hybridized carbons (Fsp3) is 0.381. The van der Waals surface area contributed by atoms with Gasteiger partial charge in [-0.05, 0) is 29.8 Å². The van der Waals surface area contributed by atoms with Gasteiger partial charge < -0.3 is 19.1 Å². The molecule has 2 saturated heterocycles. The molecule has 0 aliphatic carbocycles. The van der Waals surface area contributed by atoms with Crippen LogP contribution in [0.15, 0.2) is 42.5 Å². The molecule has 9 heteroatoms. The quantitative estimate of drug-likeness (QED) is 0.726. The molecule has 2 aromatic rings. The maximum atomic E-state index is 13.1. The minimum Gasteiger partial charge on any atom is -0.497 e. The maximum Gasteiger partial charge on any atom is 0.241 e. The molecule has 0 aromatic heterocycles. The highest BCUT2D eigenvalue weighted by molar-refractivity contribution is 7.91. The first-order chi connectivity index (χ1) is 14.4. The second-order valence-electron chi connectivity index (χ2n) is 7.77. The Kier molecular flexibility index (Phi) is 4.59. The summed E-state index contributed by atoms with van der Waals surface area (Å²) in [6, 6.07) is 12.1. The van der Waals surface area contributed by atoms with E-state index in [0.717, 1.165) is 5.56 Å². The summed E-state index contributed by atoms with van der Waals surface area (Å²) >= 11 is 0. The van der Waals surface area contributed by atoms with Crippen LogP contribution < -0.4 is 19.1 Å². The number of fused-ring (bicyclic) bond motifs is 2. The number of benzene rings is 2. The van der Waals surface area contributed by atoms with Gasteiger partial charge in [-0.15, -0.1) is 0 Å². The Balaban J connectivity index is 1.45. The summed E-state index contributed by atoms with van der Waals surface area (Å²) in [4.78, 5) is 16.7. The Labute approximate surface area is 174 Å². The van der Waals surface area contributed by atoms with Crippen LogP contribution in [0.2, 0.25) is 0 Å². The van der Waals surface area contributed by atoms with E-state index in [-0.39, 0.29) is 36.8 Å². The normalized spacial score (nSPS) is 24.7. The van der Waals surface area contributed by atoms with E-state index >= 15 is 0 Å². The van der Waals surface area contributed by atoms with E-state index in [0.29, 0.717) is 29.5 Å². The van der Waals surface area contributed by atoms with Gasteiger partial charge in [0.05, 0.1) is 31.2 Å². The molecule has 2 fully saturated rings. The fourth-order valence-electron chi connectivity index (χ4n) is 4.50. The molecule has 158 valence electrons. The lowest BCUT2D eigenvalue weighted by Gasteiger charge is -2.43. The molecule has 1 amide bonds. The van der Waals surface area contributed by atoms with Gasteiger partial charge in [0, 0.05) is 24.3 Å². The number of carbonyl (C=O) groups excluding carboxylic acids is 1. The van der Waals surface area contributed by atoms with Crippen molar-refractivity contribution in [1.29, 1.82) is 0 Å². The zero-order valence-corrected chi connectivity index (χ0v) is 17.3. The van der Waals surface area contributed by atoms with E-state index < -0.39 is 15.9 Å². The van der Waals surface area contributed by atoms with Crippen molar-refractivity contribution in [1.82, 2.24) is 4.90 Å². The van der Waals surface area contributed by atoms with Crippen molar-refractivity contribution in [2.45, 2.75) is 18.6 Å². The Hall–Kier alpha value is -2.78. The molecule has 5 rings (SSSR count). The molecular formula is C21H22N2O6S. The fourth-order valence-corrected chi connectivity index (χ4v) is 6.48. The summed E-state index contributed by atoms with van der Waals surface area (Å²) < 4.78 is 41.1. The third-order valence-electron chi connectivity index (χ3n) is 5.86. The van der Waals surface area contributed by atoms with Crippen LogP contribution in [-0.4, -0.2) is 63.3 Å². The molecular weight excluding hydrogens is 408 g/mol. The number of hydrogen-bond donors (Lipinski definition) is 0. The number of amides is 1. The highest BCUT2D eigenvalue weighted by atomic mass is 32.2. The van der Waals surface area contributed by atoms with Gasteiger partial charge in [0.2, 0.25) is 12.7 Å². The molecule has 3 aliphatic rings. The van der Waals surface area contributed by atoms with Crippen molar-refractivity contribution in [2.24, 2.45) is 0 Å². The smallest absolute Gasteiger partial charge is 0.241 e. The molecule has 2 atom stereocenters. The van der Waals surface area contributed by atoms with E-state index in [1.807, 2.05) is 29.2 Å². The minimum atomic E-state index is -3.26. The van der Waals surface area contributed by atoms with Gasteiger partial charge in [0.1, 0.15) is 5.75 Å². The summed E-state index contributed by atoms with van der Waals surface area (Å²) in [6.45, 7) is 0.798. The monoisotopic (exact) mass is 430 g/mol. The number of rotatable bonds is 4. The lowest BCUT2D eigenvalue weighted by atomic mass is 10.0. The van der Waals surface area contributed by atoms with Crippen LogP contribution in [0, 0.1) is 0 Å². The molecule has 3 heterocycles. The van der Waals surface area contributed by atoms with E-state index in [1.165, 1.54) is 0 Å². The Morgan fingerprint density at radius 1 is 1.07 bits per heavy atom. The summed E-state index contributed by atoms with van der Waals surface area (Å²) in [5.41, 5.74) is 1.61. The number of carbonyl (C=O) groups is 1. The van der Waals surface area contributed by atoms with Crippen LogP contribution in [0.4, 0.5) is 5.69 Å². The minimum absolute atomic E-state index is 0.0377. The number of piperazine rings is 1. The highest BCUT2D eigenvalue weighted by Gasteiger charge is 2.49. The van der Waals surface area contributed by atoms with Gasteiger partial charge in [0.15, 0.2) is 21.3 Å². The predicted octanol–water partition coefficient (Wildman–Crippen LogP) is 1.44. The van der Waals surface area contributed by atoms with E-state index in [2.05, 4.69) is 0 Å². The van der Waals surface area contributed by atoms with Gasteiger partial charge >= 0.3 is 0 Å². The molecule has 3 aliphatic heterocycles. The Morgan fingerprint density at radius 2 is 1.87 bits per heavy atom. The molecule has 0 bridgehead atoms. The van der Waals surface area contributed by atoms with E-state index in [1.54, 1.807) is 30.2 Å². The van der Waals surface area contributed by atoms with Crippen molar-refractivity contribution in [2.75, 3.05) is 36.9 Å². The largest absolute Gasteiger partial charge is 0.497 e. The molecule has 0 N–H and O–H groups in total. The number of ether oxygens (including phenoxy) is 3. The molecule has 0 spiro atoms. The van der Waals surface area contributed by atoms with Crippen LogP contribution >= 0.6 is 0 Å². The number of nitrogens with zero attached hydrogens (tertiary/aromatic N) is 2. The van der Waals surface area contributed by atoms with Gasteiger partial charge in [-0.25, -0.2) is 8.42 Å². The van der Waals surface area contributed by atoms with Gasteiger partial charge in [-0.2, -0.15) is 0 Å². The van der Waals surface area contributed by atoms with Crippen LogP contribution in [0.5, 0.6) is 17.2 Å². The topological polar surface area (TPSA) is 85.4 Å². The number of hydrogen-bond acceptors (Lipinski definition) is 7. The third kappa shape index (κ3) is 3.37. The second-order valence-corrected chi connectivity index (χ2v) is 9.92. The van der Waals surface area contributed by atoms with Crippen molar-refractivity contribution in [3.05, 3.63) is 48.0 Å².